The molecule has 0 radical (unpaired) electrons. The third-order valence-corrected chi connectivity index (χ3v) is 4.93. The fraction of sp³-hybridized carbons (Fsp3) is 0.933. The number of hydrogen-bond acceptors (Lipinski definition) is 3. The van der Waals surface area contributed by atoms with Gasteiger partial charge in [-0.2, -0.15) is 0 Å². The molecule has 4 nitrogen and oxygen atoms in total. The molecule has 0 aromatic heterocycles. The number of nitrogens with zero attached hydrogens (tertiary/aromatic N) is 2. The quantitative estimate of drug-likeness (QED) is 0.846. The Morgan fingerprint density at radius 1 is 1.16 bits per heavy atom. The van der Waals surface area contributed by atoms with Crippen LogP contribution in [0.2, 0.25) is 0 Å². The average molecular weight is 268 g/mol. The first kappa shape index (κ1) is 14.8. The molecular formula is C15H28N2O2. The zero-order chi connectivity index (χ0) is 13.8. The van der Waals surface area contributed by atoms with E-state index in [2.05, 4.69) is 23.6 Å². The molecule has 2 rings (SSSR count). The van der Waals surface area contributed by atoms with E-state index in [0.717, 1.165) is 44.1 Å². The van der Waals surface area contributed by atoms with Crippen LogP contribution in [-0.4, -0.2) is 59.6 Å². The first-order valence-electron chi connectivity index (χ1n) is 7.74. The van der Waals surface area contributed by atoms with Crippen LogP contribution in [0.1, 0.15) is 39.5 Å². The van der Waals surface area contributed by atoms with Crippen molar-refractivity contribution in [3.8, 4) is 0 Å². The Bertz CT molecular complexity index is 301. The van der Waals surface area contributed by atoms with Gasteiger partial charge in [-0.25, -0.2) is 0 Å². The van der Waals surface area contributed by atoms with Crippen molar-refractivity contribution in [1.82, 2.24) is 9.80 Å². The Morgan fingerprint density at radius 2 is 1.84 bits per heavy atom. The van der Waals surface area contributed by atoms with Crippen molar-refractivity contribution in [2.75, 3.05) is 32.7 Å². The molecule has 0 aromatic carbocycles. The van der Waals surface area contributed by atoms with Crippen molar-refractivity contribution < 1.29 is 9.90 Å². The van der Waals surface area contributed by atoms with Gasteiger partial charge in [0.25, 0.3) is 0 Å². The minimum atomic E-state index is -0.683. The second-order valence-corrected chi connectivity index (χ2v) is 6.48. The summed E-state index contributed by atoms with van der Waals surface area (Å²) in [4.78, 5) is 15.5. The van der Waals surface area contributed by atoms with E-state index in [-0.39, 0.29) is 6.42 Å². The lowest BCUT2D eigenvalue weighted by Gasteiger charge is -2.44. The minimum absolute atomic E-state index is 0.275. The van der Waals surface area contributed by atoms with E-state index >= 15 is 0 Å². The molecule has 0 aromatic rings. The zero-order valence-corrected chi connectivity index (χ0v) is 12.3. The summed E-state index contributed by atoms with van der Waals surface area (Å²) >= 11 is 0. The van der Waals surface area contributed by atoms with Gasteiger partial charge in [0.2, 0.25) is 0 Å². The minimum Gasteiger partial charge on any atom is -0.481 e. The third kappa shape index (κ3) is 4.18. The van der Waals surface area contributed by atoms with E-state index < -0.39 is 5.97 Å². The predicted molar refractivity (Wildman–Crippen MR) is 76.2 cm³/mol. The van der Waals surface area contributed by atoms with Gasteiger partial charge in [0.15, 0.2) is 0 Å². The second kappa shape index (κ2) is 6.71. The topological polar surface area (TPSA) is 43.8 Å². The highest BCUT2D eigenvalue weighted by atomic mass is 16.4. The first-order valence-corrected chi connectivity index (χ1v) is 7.74. The predicted octanol–water partition coefficient (Wildman–Crippen LogP) is 1.90. The van der Waals surface area contributed by atoms with Gasteiger partial charge >= 0.3 is 5.97 Å². The molecule has 110 valence electrons. The maximum Gasteiger partial charge on any atom is 0.304 e. The number of carboxylic acids is 1. The Labute approximate surface area is 116 Å². The van der Waals surface area contributed by atoms with E-state index in [1.54, 1.807) is 0 Å². The van der Waals surface area contributed by atoms with Crippen LogP contribution in [-0.2, 0) is 4.79 Å². The van der Waals surface area contributed by atoms with Gasteiger partial charge in [-0.3, -0.25) is 9.69 Å². The van der Waals surface area contributed by atoms with Crippen LogP contribution in [0.25, 0.3) is 0 Å². The molecule has 0 amide bonds. The highest BCUT2D eigenvalue weighted by Crippen LogP contribution is 2.32. The Morgan fingerprint density at radius 3 is 2.47 bits per heavy atom. The Balaban J connectivity index is 1.77. The van der Waals surface area contributed by atoms with Crippen LogP contribution >= 0.6 is 0 Å². The summed E-state index contributed by atoms with van der Waals surface area (Å²) < 4.78 is 0. The maximum absolute atomic E-state index is 10.6. The molecule has 19 heavy (non-hydrogen) atoms. The fourth-order valence-electron chi connectivity index (χ4n) is 3.58. The van der Waals surface area contributed by atoms with E-state index in [0.29, 0.717) is 6.54 Å². The van der Waals surface area contributed by atoms with Crippen molar-refractivity contribution in [3.05, 3.63) is 0 Å². The maximum atomic E-state index is 10.6. The molecule has 1 heterocycles. The average Bonchev–Trinajstić information content (AvgIpc) is 2.40. The van der Waals surface area contributed by atoms with Crippen LogP contribution < -0.4 is 0 Å². The molecule has 1 aliphatic carbocycles. The van der Waals surface area contributed by atoms with Crippen molar-refractivity contribution in [2.45, 2.75) is 45.6 Å². The zero-order valence-electron chi connectivity index (χ0n) is 12.3. The van der Waals surface area contributed by atoms with E-state index in [9.17, 15) is 4.79 Å². The molecule has 1 aliphatic heterocycles. The van der Waals surface area contributed by atoms with Crippen LogP contribution in [0.15, 0.2) is 0 Å². The largest absolute Gasteiger partial charge is 0.481 e. The number of piperazine rings is 1. The highest BCUT2D eigenvalue weighted by molar-refractivity contribution is 5.66. The standard InChI is InChI=1S/C15H28N2O2/c1-12-3-4-13(2)14(11-12)17-9-7-16(8-10-17)6-5-15(18)19/h12-14H,3-11H2,1-2H3,(H,18,19). The summed E-state index contributed by atoms with van der Waals surface area (Å²) in [6.45, 7) is 9.77. The van der Waals surface area contributed by atoms with Crippen LogP contribution in [0.4, 0.5) is 0 Å². The molecule has 1 saturated carbocycles. The molecule has 4 heteroatoms. The van der Waals surface area contributed by atoms with Crippen molar-refractivity contribution >= 4 is 5.97 Å². The molecule has 2 fully saturated rings. The monoisotopic (exact) mass is 268 g/mol. The summed E-state index contributed by atoms with van der Waals surface area (Å²) in [5.41, 5.74) is 0. The van der Waals surface area contributed by atoms with E-state index in [1.807, 2.05) is 0 Å². The summed E-state index contributed by atoms with van der Waals surface area (Å²) in [6.07, 6.45) is 4.37. The molecule has 3 unspecified atom stereocenters. The first-order chi connectivity index (χ1) is 9.06. The number of aliphatic carboxylic acids is 1. The van der Waals surface area contributed by atoms with Crippen LogP contribution in [0.3, 0.4) is 0 Å². The van der Waals surface area contributed by atoms with Crippen LogP contribution in [0.5, 0.6) is 0 Å². The molecule has 1 N–H and O–H groups in total. The van der Waals surface area contributed by atoms with Gasteiger partial charge in [-0.05, 0) is 24.7 Å². The lowest BCUT2D eigenvalue weighted by atomic mass is 9.79. The molecule has 3 atom stereocenters. The number of carbonyl (C=O) groups is 1. The summed E-state index contributed by atoms with van der Waals surface area (Å²) in [5.74, 6) is 1.00. The SMILES string of the molecule is CC1CCC(C)C(N2CCN(CCC(=O)O)CC2)C1. The summed E-state index contributed by atoms with van der Waals surface area (Å²) in [5, 5.41) is 8.73. The summed E-state index contributed by atoms with van der Waals surface area (Å²) in [6, 6.07) is 0.755. The van der Waals surface area contributed by atoms with Gasteiger partial charge in [0.1, 0.15) is 0 Å². The van der Waals surface area contributed by atoms with Gasteiger partial charge in [0, 0.05) is 38.8 Å². The van der Waals surface area contributed by atoms with E-state index in [4.69, 9.17) is 5.11 Å². The number of hydrogen-bond donors (Lipinski definition) is 1. The number of rotatable bonds is 4. The second-order valence-electron chi connectivity index (χ2n) is 6.48. The normalized spacial score (nSPS) is 34.3. The van der Waals surface area contributed by atoms with Gasteiger partial charge < -0.3 is 10.0 Å². The van der Waals surface area contributed by atoms with Crippen molar-refractivity contribution in [1.29, 1.82) is 0 Å². The number of carboxylic acid groups (broad SMARTS) is 1. The lowest BCUT2D eigenvalue weighted by molar-refractivity contribution is -0.137. The molecular weight excluding hydrogens is 240 g/mol. The Hall–Kier alpha value is -0.610. The fourth-order valence-corrected chi connectivity index (χ4v) is 3.58. The van der Waals surface area contributed by atoms with Crippen molar-refractivity contribution in [3.63, 3.8) is 0 Å². The van der Waals surface area contributed by atoms with Gasteiger partial charge in [-0.1, -0.05) is 20.3 Å². The van der Waals surface area contributed by atoms with Crippen molar-refractivity contribution in [2.24, 2.45) is 11.8 Å². The summed E-state index contributed by atoms with van der Waals surface area (Å²) in [7, 11) is 0. The molecule has 0 bridgehead atoms. The molecule has 2 aliphatic rings. The Kier molecular flexibility index (Phi) is 5.22. The third-order valence-electron chi connectivity index (χ3n) is 4.93. The van der Waals surface area contributed by atoms with Gasteiger partial charge in [-0.15, -0.1) is 0 Å². The lowest BCUT2D eigenvalue weighted by Crippen LogP contribution is -2.53. The van der Waals surface area contributed by atoms with Crippen LogP contribution in [0, 0.1) is 11.8 Å². The molecule has 0 spiro atoms. The highest BCUT2D eigenvalue weighted by Gasteiger charge is 2.31. The van der Waals surface area contributed by atoms with Gasteiger partial charge in [0.05, 0.1) is 6.42 Å². The smallest absolute Gasteiger partial charge is 0.304 e. The van der Waals surface area contributed by atoms with E-state index in [1.165, 1.54) is 19.3 Å². The molecule has 1 saturated heterocycles.